The lowest BCUT2D eigenvalue weighted by atomic mass is 10.2. The number of methoxy groups -OCH3 is 1. The van der Waals surface area contributed by atoms with Gasteiger partial charge in [-0.3, -0.25) is 0 Å². The average Bonchev–Trinajstić information content (AvgIpc) is 2.46. The summed E-state index contributed by atoms with van der Waals surface area (Å²) < 4.78 is 6.22. The zero-order valence-electron chi connectivity index (χ0n) is 10.8. The quantitative estimate of drug-likeness (QED) is 0.871. The van der Waals surface area contributed by atoms with E-state index < -0.39 is 0 Å². The number of hydrogen-bond acceptors (Lipinski definition) is 2. The fourth-order valence-corrected chi connectivity index (χ4v) is 2.11. The number of hydrogen-bond donors (Lipinski definition) is 1. The first-order valence-corrected chi connectivity index (χ1v) is 6.88. The Labute approximate surface area is 122 Å². The molecular formula is C16H16BrNO. The Morgan fingerprint density at radius 2 is 1.95 bits per heavy atom. The number of anilines is 1. The largest absolute Gasteiger partial charge is 0.495 e. The van der Waals surface area contributed by atoms with Crippen molar-refractivity contribution >= 4 is 27.7 Å². The van der Waals surface area contributed by atoms with E-state index in [-0.39, 0.29) is 0 Å². The molecule has 0 fully saturated rings. The van der Waals surface area contributed by atoms with E-state index >= 15 is 0 Å². The molecule has 2 rings (SSSR count). The second-order valence-electron chi connectivity index (χ2n) is 4.04. The van der Waals surface area contributed by atoms with Crippen LogP contribution in [0.3, 0.4) is 0 Å². The number of ether oxygens (including phenoxy) is 1. The Kier molecular flexibility index (Phi) is 5.04. The van der Waals surface area contributed by atoms with Crippen molar-refractivity contribution in [2.45, 2.75) is 0 Å². The van der Waals surface area contributed by atoms with E-state index in [1.165, 1.54) is 5.56 Å². The van der Waals surface area contributed by atoms with Gasteiger partial charge in [0, 0.05) is 18.3 Å². The van der Waals surface area contributed by atoms with Crippen LogP contribution >= 0.6 is 15.9 Å². The second-order valence-corrected chi connectivity index (χ2v) is 4.90. The van der Waals surface area contributed by atoms with Gasteiger partial charge in [-0.2, -0.15) is 0 Å². The number of benzene rings is 2. The Morgan fingerprint density at radius 3 is 2.68 bits per heavy atom. The minimum absolute atomic E-state index is 0.777. The van der Waals surface area contributed by atoms with Crippen LogP contribution in [0, 0.1) is 0 Å². The molecule has 3 heteroatoms. The average molecular weight is 318 g/mol. The highest BCUT2D eigenvalue weighted by Crippen LogP contribution is 2.27. The molecule has 0 spiro atoms. The van der Waals surface area contributed by atoms with E-state index in [1.807, 2.05) is 36.4 Å². The molecule has 0 amide bonds. The summed E-state index contributed by atoms with van der Waals surface area (Å²) in [6, 6.07) is 16.2. The first-order valence-electron chi connectivity index (χ1n) is 6.08. The third kappa shape index (κ3) is 4.14. The third-order valence-electron chi connectivity index (χ3n) is 2.69. The fourth-order valence-electron chi connectivity index (χ4n) is 1.71. The summed E-state index contributed by atoms with van der Waals surface area (Å²) in [4.78, 5) is 0. The van der Waals surface area contributed by atoms with Gasteiger partial charge in [-0.05, 0) is 33.6 Å². The topological polar surface area (TPSA) is 21.3 Å². The summed E-state index contributed by atoms with van der Waals surface area (Å²) in [6.45, 7) is 0.777. The molecule has 0 aromatic heterocycles. The van der Waals surface area contributed by atoms with Crippen LogP contribution in [0.1, 0.15) is 5.56 Å². The van der Waals surface area contributed by atoms with E-state index in [0.717, 1.165) is 22.5 Å². The molecule has 0 aliphatic rings. The zero-order chi connectivity index (χ0) is 13.5. The number of rotatable bonds is 5. The van der Waals surface area contributed by atoms with E-state index in [9.17, 15) is 0 Å². The normalized spacial score (nSPS) is 10.6. The van der Waals surface area contributed by atoms with Crippen molar-refractivity contribution < 1.29 is 4.74 Å². The maximum atomic E-state index is 5.26. The van der Waals surface area contributed by atoms with Gasteiger partial charge in [0.25, 0.3) is 0 Å². The lowest BCUT2D eigenvalue weighted by Gasteiger charge is -2.07. The van der Waals surface area contributed by atoms with Crippen LogP contribution < -0.4 is 10.1 Å². The molecule has 2 nitrogen and oxygen atoms in total. The molecule has 0 heterocycles. The molecule has 0 bridgehead atoms. The standard InChI is InChI=1S/C16H16BrNO/c1-19-16-12-14(9-10-15(16)17)18-11-5-8-13-6-3-2-4-7-13/h2-10,12,18H,11H2,1H3/b8-5+. The van der Waals surface area contributed by atoms with Crippen molar-refractivity contribution in [2.75, 3.05) is 19.0 Å². The molecule has 19 heavy (non-hydrogen) atoms. The monoisotopic (exact) mass is 317 g/mol. The molecule has 0 atom stereocenters. The molecule has 0 saturated heterocycles. The highest BCUT2D eigenvalue weighted by Gasteiger charge is 2.00. The van der Waals surface area contributed by atoms with Gasteiger partial charge in [0.05, 0.1) is 11.6 Å². The summed E-state index contributed by atoms with van der Waals surface area (Å²) in [6.07, 6.45) is 4.20. The fraction of sp³-hybridized carbons (Fsp3) is 0.125. The van der Waals surface area contributed by atoms with Gasteiger partial charge in [0.2, 0.25) is 0 Å². The Morgan fingerprint density at radius 1 is 1.16 bits per heavy atom. The van der Waals surface area contributed by atoms with Crippen LogP contribution in [0.5, 0.6) is 5.75 Å². The van der Waals surface area contributed by atoms with Crippen molar-refractivity contribution in [3.63, 3.8) is 0 Å². The van der Waals surface area contributed by atoms with Gasteiger partial charge in [0.15, 0.2) is 0 Å². The van der Waals surface area contributed by atoms with E-state index in [1.54, 1.807) is 7.11 Å². The first kappa shape index (κ1) is 13.7. The third-order valence-corrected chi connectivity index (χ3v) is 3.34. The van der Waals surface area contributed by atoms with Gasteiger partial charge in [-0.25, -0.2) is 0 Å². The summed E-state index contributed by atoms with van der Waals surface area (Å²) in [7, 11) is 1.67. The summed E-state index contributed by atoms with van der Waals surface area (Å²) in [5.41, 5.74) is 2.25. The molecule has 0 saturated carbocycles. The van der Waals surface area contributed by atoms with Crippen LogP contribution in [-0.4, -0.2) is 13.7 Å². The lowest BCUT2D eigenvalue weighted by molar-refractivity contribution is 0.412. The minimum atomic E-state index is 0.777. The van der Waals surface area contributed by atoms with E-state index in [4.69, 9.17) is 4.74 Å². The molecule has 0 radical (unpaired) electrons. The van der Waals surface area contributed by atoms with Gasteiger partial charge in [0.1, 0.15) is 5.75 Å². The molecule has 0 aliphatic heterocycles. The first-order chi connectivity index (χ1) is 9.29. The van der Waals surface area contributed by atoms with Crippen LogP contribution in [0.25, 0.3) is 6.08 Å². The summed E-state index contributed by atoms with van der Waals surface area (Å²) in [5.74, 6) is 0.831. The SMILES string of the molecule is COc1cc(NC/C=C/c2ccccc2)ccc1Br. The van der Waals surface area contributed by atoms with Crippen molar-refractivity contribution in [2.24, 2.45) is 0 Å². The van der Waals surface area contributed by atoms with Crippen molar-refractivity contribution in [3.8, 4) is 5.75 Å². The molecule has 1 N–H and O–H groups in total. The van der Waals surface area contributed by atoms with Crippen LogP contribution in [0.15, 0.2) is 59.1 Å². The number of halogens is 1. The maximum absolute atomic E-state index is 5.26. The highest BCUT2D eigenvalue weighted by molar-refractivity contribution is 9.10. The Bertz CT molecular complexity index is 552. The smallest absolute Gasteiger partial charge is 0.135 e. The maximum Gasteiger partial charge on any atom is 0.135 e. The number of nitrogens with one attached hydrogen (secondary N) is 1. The summed E-state index contributed by atoms with van der Waals surface area (Å²) in [5, 5.41) is 3.33. The predicted octanol–water partition coefficient (Wildman–Crippen LogP) is 4.58. The Balaban J connectivity index is 1.91. The van der Waals surface area contributed by atoms with Gasteiger partial charge in [-0.15, -0.1) is 0 Å². The van der Waals surface area contributed by atoms with Crippen LogP contribution in [0.4, 0.5) is 5.69 Å². The molecule has 0 aliphatic carbocycles. The molecule has 0 unspecified atom stereocenters. The van der Waals surface area contributed by atoms with Gasteiger partial charge in [-0.1, -0.05) is 42.5 Å². The van der Waals surface area contributed by atoms with Crippen molar-refractivity contribution in [3.05, 3.63) is 64.6 Å². The van der Waals surface area contributed by atoms with Crippen molar-refractivity contribution in [1.82, 2.24) is 0 Å². The van der Waals surface area contributed by atoms with E-state index in [2.05, 4.69) is 45.5 Å². The molecule has 98 valence electrons. The van der Waals surface area contributed by atoms with E-state index in [0.29, 0.717) is 0 Å². The highest BCUT2D eigenvalue weighted by atomic mass is 79.9. The Hall–Kier alpha value is -1.74. The lowest BCUT2D eigenvalue weighted by Crippen LogP contribution is -1.98. The van der Waals surface area contributed by atoms with Crippen LogP contribution in [-0.2, 0) is 0 Å². The predicted molar refractivity (Wildman–Crippen MR) is 84.7 cm³/mol. The molecule has 2 aromatic rings. The molecule has 2 aromatic carbocycles. The van der Waals surface area contributed by atoms with Crippen LogP contribution in [0.2, 0.25) is 0 Å². The molecular weight excluding hydrogens is 302 g/mol. The second kappa shape index (κ2) is 7.00. The van der Waals surface area contributed by atoms with Gasteiger partial charge < -0.3 is 10.1 Å². The summed E-state index contributed by atoms with van der Waals surface area (Å²) >= 11 is 3.44. The van der Waals surface area contributed by atoms with Crippen molar-refractivity contribution in [1.29, 1.82) is 0 Å². The minimum Gasteiger partial charge on any atom is -0.495 e. The zero-order valence-corrected chi connectivity index (χ0v) is 12.4. The van der Waals surface area contributed by atoms with Gasteiger partial charge >= 0.3 is 0 Å².